The molecule has 1 aliphatic rings. The summed E-state index contributed by atoms with van der Waals surface area (Å²) >= 11 is 2.37. The molecule has 2 aromatic carbocycles. The van der Waals surface area contributed by atoms with Gasteiger partial charge in [-0.1, -0.05) is 25.1 Å². The largest absolute Gasteiger partial charge is 0.490 e. The molecule has 3 rings (SSSR count). The van der Waals surface area contributed by atoms with Crippen LogP contribution < -0.4 is 10.6 Å². The van der Waals surface area contributed by atoms with Crippen LogP contribution in [0, 0.1) is 8.98 Å². The Bertz CT molecular complexity index is 839. The summed E-state index contributed by atoms with van der Waals surface area (Å²) in [5.41, 5.74) is 8.06. The van der Waals surface area contributed by atoms with Crippen LogP contribution in [0.5, 0.6) is 0 Å². The zero-order chi connectivity index (χ0) is 18.9. The van der Waals surface area contributed by atoms with Gasteiger partial charge >= 0.3 is 12.1 Å². The summed E-state index contributed by atoms with van der Waals surface area (Å²) < 4.78 is 33.0. The van der Waals surface area contributed by atoms with Gasteiger partial charge in [0.1, 0.15) is 0 Å². The molecule has 0 radical (unpaired) electrons. The highest BCUT2D eigenvalue weighted by atomic mass is 127. The Hall–Kier alpha value is -2.04. The van der Waals surface area contributed by atoms with Crippen molar-refractivity contribution in [2.45, 2.75) is 19.0 Å². The van der Waals surface area contributed by atoms with Gasteiger partial charge in [0, 0.05) is 21.7 Å². The van der Waals surface area contributed by atoms with Crippen LogP contribution in [0.2, 0.25) is 0 Å². The first-order valence-electron chi connectivity index (χ1n) is 7.16. The van der Waals surface area contributed by atoms with E-state index in [1.165, 1.54) is 19.9 Å². The summed E-state index contributed by atoms with van der Waals surface area (Å²) in [7, 11) is 0. The van der Waals surface area contributed by atoms with E-state index in [-0.39, 0.29) is 5.96 Å². The van der Waals surface area contributed by atoms with Crippen LogP contribution in [-0.4, -0.2) is 29.8 Å². The Morgan fingerprint density at radius 1 is 1.32 bits per heavy atom. The van der Waals surface area contributed by atoms with Crippen LogP contribution in [0.3, 0.4) is 0 Å². The predicted octanol–water partition coefficient (Wildman–Crippen LogP) is 3.89. The molecule has 134 valence electrons. The van der Waals surface area contributed by atoms with Crippen molar-refractivity contribution in [1.82, 2.24) is 0 Å². The Labute approximate surface area is 155 Å². The lowest BCUT2D eigenvalue weighted by Gasteiger charge is -2.17. The number of carboxylic acids is 1. The number of halogens is 4. The number of aliphatic carboxylic acids is 1. The second-order valence-corrected chi connectivity index (χ2v) is 6.70. The molecule has 4 N–H and O–H groups in total. The molecule has 5 nitrogen and oxygen atoms in total. The van der Waals surface area contributed by atoms with E-state index in [1.807, 2.05) is 4.90 Å². The lowest BCUT2D eigenvalue weighted by Crippen LogP contribution is -2.35. The summed E-state index contributed by atoms with van der Waals surface area (Å²) in [5.74, 6) is -2.22. The van der Waals surface area contributed by atoms with Crippen molar-refractivity contribution < 1.29 is 23.1 Å². The highest BCUT2D eigenvalue weighted by molar-refractivity contribution is 14.1. The zero-order valence-electron chi connectivity index (χ0n) is 13.1. The van der Waals surface area contributed by atoms with Crippen molar-refractivity contribution in [3.05, 3.63) is 39.5 Å². The second-order valence-electron chi connectivity index (χ2n) is 5.53. The van der Waals surface area contributed by atoms with Crippen molar-refractivity contribution in [2.24, 2.45) is 5.73 Å². The van der Waals surface area contributed by atoms with Crippen LogP contribution in [-0.2, 0) is 4.79 Å². The predicted molar refractivity (Wildman–Crippen MR) is 98.0 cm³/mol. The highest BCUT2D eigenvalue weighted by Crippen LogP contribution is 2.41. The van der Waals surface area contributed by atoms with Gasteiger partial charge in [0.15, 0.2) is 5.96 Å². The molecule has 0 fully saturated rings. The van der Waals surface area contributed by atoms with Crippen LogP contribution in [0.4, 0.5) is 18.9 Å². The maximum Gasteiger partial charge on any atom is 0.490 e. The maximum absolute atomic E-state index is 10.6. The molecule has 0 aliphatic carbocycles. The van der Waals surface area contributed by atoms with E-state index in [1.54, 1.807) is 0 Å². The third-order valence-electron chi connectivity index (χ3n) is 3.80. The normalized spacial score (nSPS) is 16.2. The molecule has 1 aliphatic heterocycles. The van der Waals surface area contributed by atoms with E-state index in [0.29, 0.717) is 5.92 Å². The fourth-order valence-electron chi connectivity index (χ4n) is 2.78. The first kappa shape index (κ1) is 19.3. The van der Waals surface area contributed by atoms with Crippen molar-refractivity contribution >= 4 is 51.0 Å². The van der Waals surface area contributed by atoms with Crippen LogP contribution >= 0.6 is 22.6 Å². The van der Waals surface area contributed by atoms with Crippen molar-refractivity contribution in [1.29, 1.82) is 5.41 Å². The standard InChI is InChI=1S/C14H14IN3.C2HF3O2/c1-8-7-18(14(16)17)12-6-5-9-10(13(8)12)3-2-4-11(9)15;3-2(4,5)1(6)7/h2-6,8H,7H2,1H3,(H3,16,17);(H,6,7). The van der Waals surface area contributed by atoms with Gasteiger partial charge in [-0.15, -0.1) is 0 Å². The molecule has 1 unspecified atom stereocenters. The number of nitrogens with one attached hydrogen (secondary N) is 1. The minimum atomic E-state index is -5.08. The fourth-order valence-corrected chi connectivity index (χ4v) is 3.45. The lowest BCUT2D eigenvalue weighted by molar-refractivity contribution is -0.192. The molecule has 0 saturated carbocycles. The molecule has 0 spiro atoms. The molecule has 9 heteroatoms. The lowest BCUT2D eigenvalue weighted by atomic mass is 9.96. The number of benzene rings is 2. The van der Waals surface area contributed by atoms with Gasteiger partial charge in [0.25, 0.3) is 0 Å². The maximum atomic E-state index is 10.6. The number of rotatable bonds is 0. The first-order valence-corrected chi connectivity index (χ1v) is 8.24. The minimum absolute atomic E-state index is 0.130. The monoisotopic (exact) mass is 465 g/mol. The average molecular weight is 465 g/mol. The summed E-state index contributed by atoms with van der Waals surface area (Å²) in [5, 5.41) is 17.4. The molecule has 0 amide bonds. The van der Waals surface area contributed by atoms with E-state index in [0.717, 1.165) is 12.2 Å². The number of hydrogen-bond donors (Lipinski definition) is 3. The third-order valence-corrected chi connectivity index (χ3v) is 4.74. The zero-order valence-corrected chi connectivity index (χ0v) is 15.2. The third kappa shape index (κ3) is 3.97. The number of anilines is 1. The quantitative estimate of drug-likeness (QED) is 0.313. The summed E-state index contributed by atoms with van der Waals surface area (Å²) in [6.45, 7) is 3.00. The van der Waals surface area contributed by atoms with Crippen LogP contribution in [0.25, 0.3) is 10.8 Å². The molecule has 1 heterocycles. The van der Waals surface area contributed by atoms with Gasteiger partial charge in [-0.05, 0) is 51.1 Å². The number of fused-ring (bicyclic) bond motifs is 3. The van der Waals surface area contributed by atoms with Crippen LogP contribution in [0.15, 0.2) is 30.3 Å². The van der Waals surface area contributed by atoms with Gasteiger partial charge in [-0.3, -0.25) is 5.41 Å². The van der Waals surface area contributed by atoms with Gasteiger partial charge < -0.3 is 15.7 Å². The Kier molecular flexibility index (Phi) is 5.45. The summed E-state index contributed by atoms with van der Waals surface area (Å²) in [6.07, 6.45) is -5.08. The average Bonchev–Trinajstić information content (AvgIpc) is 2.85. The Morgan fingerprint density at radius 2 is 1.92 bits per heavy atom. The molecular weight excluding hydrogens is 450 g/mol. The molecule has 0 aromatic heterocycles. The van der Waals surface area contributed by atoms with Crippen molar-refractivity contribution in [3.63, 3.8) is 0 Å². The highest BCUT2D eigenvalue weighted by Gasteiger charge is 2.38. The van der Waals surface area contributed by atoms with Crippen LogP contribution in [0.1, 0.15) is 18.4 Å². The Balaban J connectivity index is 0.000000277. The molecule has 2 aromatic rings. The van der Waals surface area contributed by atoms with E-state index in [2.05, 4.69) is 59.8 Å². The molecule has 0 saturated heterocycles. The topological polar surface area (TPSA) is 90.4 Å². The number of carbonyl (C=O) groups is 1. The van der Waals surface area contributed by atoms with E-state index in [4.69, 9.17) is 21.0 Å². The van der Waals surface area contributed by atoms with E-state index in [9.17, 15) is 13.2 Å². The number of nitrogens with two attached hydrogens (primary N) is 1. The Morgan fingerprint density at radius 3 is 2.44 bits per heavy atom. The minimum Gasteiger partial charge on any atom is -0.475 e. The van der Waals surface area contributed by atoms with Crippen molar-refractivity contribution in [2.75, 3.05) is 11.4 Å². The molecule has 1 atom stereocenters. The number of carboxylic acid groups (broad SMARTS) is 1. The first-order chi connectivity index (χ1) is 11.5. The SMILES string of the molecule is CC1CN(C(=N)N)c2ccc3c(I)cccc3c21.O=C(O)C(F)(F)F. The van der Waals surface area contributed by atoms with Crippen molar-refractivity contribution in [3.8, 4) is 0 Å². The fraction of sp³-hybridized carbons (Fsp3) is 0.250. The second kappa shape index (κ2) is 7.06. The summed E-state index contributed by atoms with van der Waals surface area (Å²) in [6, 6.07) is 10.6. The number of guanidine groups is 1. The van der Waals surface area contributed by atoms with E-state index >= 15 is 0 Å². The number of nitrogens with zero attached hydrogens (tertiary/aromatic N) is 1. The van der Waals surface area contributed by atoms with Gasteiger partial charge in [0.2, 0.25) is 0 Å². The number of hydrogen-bond acceptors (Lipinski definition) is 2. The molecule has 0 bridgehead atoms. The molecular formula is C16H15F3IN3O2. The molecule has 25 heavy (non-hydrogen) atoms. The van der Waals surface area contributed by atoms with Gasteiger partial charge in [-0.2, -0.15) is 13.2 Å². The van der Waals surface area contributed by atoms with Gasteiger partial charge in [0.05, 0.1) is 0 Å². The smallest absolute Gasteiger partial charge is 0.475 e. The van der Waals surface area contributed by atoms with Gasteiger partial charge in [-0.25, -0.2) is 4.79 Å². The van der Waals surface area contributed by atoms with E-state index < -0.39 is 12.1 Å². The number of alkyl halides is 3. The summed E-state index contributed by atoms with van der Waals surface area (Å²) in [4.78, 5) is 10.8.